The summed E-state index contributed by atoms with van der Waals surface area (Å²) in [6.45, 7) is 4.53. The molecule has 2 atom stereocenters. The van der Waals surface area contributed by atoms with Crippen molar-refractivity contribution in [2.24, 2.45) is 5.92 Å². The molecule has 0 bridgehead atoms. The molecule has 66 valence electrons. The molecule has 0 aromatic heterocycles. The Hall–Kier alpha value is 0.250. The molecule has 2 heteroatoms. The lowest BCUT2D eigenvalue weighted by atomic mass is 10.1. The summed E-state index contributed by atoms with van der Waals surface area (Å²) in [6, 6.07) is 0. The first-order valence-electron chi connectivity index (χ1n) is 4.67. The van der Waals surface area contributed by atoms with Gasteiger partial charge in [0, 0.05) is 5.38 Å². The van der Waals surface area contributed by atoms with Crippen LogP contribution in [0, 0.1) is 5.92 Å². The first-order chi connectivity index (χ1) is 5.33. The zero-order valence-electron chi connectivity index (χ0n) is 7.28. The van der Waals surface area contributed by atoms with Crippen molar-refractivity contribution < 1.29 is 0 Å². The fourth-order valence-electron chi connectivity index (χ4n) is 1.68. The molecule has 1 saturated carbocycles. The molecule has 0 amide bonds. The van der Waals surface area contributed by atoms with Gasteiger partial charge < -0.3 is 5.32 Å². The standard InChI is InChI=1S/C9H18ClN/c1-2-5-11-7-8-3-4-9(10)6-8/h8-9,11H,2-7H2,1H3. The number of hydrogen-bond donors (Lipinski definition) is 1. The third-order valence-corrected chi connectivity index (χ3v) is 2.73. The molecular weight excluding hydrogens is 158 g/mol. The molecule has 11 heavy (non-hydrogen) atoms. The van der Waals surface area contributed by atoms with Crippen LogP contribution in [0.15, 0.2) is 0 Å². The Balaban J connectivity index is 1.99. The number of halogens is 1. The third kappa shape index (κ3) is 3.44. The molecule has 0 saturated heterocycles. The van der Waals surface area contributed by atoms with Gasteiger partial charge in [-0.25, -0.2) is 0 Å². The normalized spacial score (nSPS) is 31.1. The molecular formula is C9H18ClN. The molecule has 1 fully saturated rings. The maximum atomic E-state index is 5.99. The largest absolute Gasteiger partial charge is 0.316 e. The van der Waals surface area contributed by atoms with Gasteiger partial charge in [0.05, 0.1) is 0 Å². The van der Waals surface area contributed by atoms with Crippen LogP contribution in [0.25, 0.3) is 0 Å². The second-order valence-electron chi connectivity index (χ2n) is 3.48. The predicted octanol–water partition coefficient (Wildman–Crippen LogP) is 2.39. The quantitative estimate of drug-likeness (QED) is 0.511. The first-order valence-corrected chi connectivity index (χ1v) is 5.11. The Kier molecular flexibility index (Phi) is 4.24. The van der Waals surface area contributed by atoms with Crippen LogP contribution < -0.4 is 5.32 Å². The minimum absolute atomic E-state index is 0.462. The van der Waals surface area contributed by atoms with Crippen LogP contribution in [0.4, 0.5) is 0 Å². The van der Waals surface area contributed by atoms with Gasteiger partial charge in [-0.1, -0.05) is 6.92 Å². The van der Waals surface area contributed by atoms with Crippen molar-refractivity contribution in [1.29, 1.82) is 0 Å². The Bertz CT molecular complexity index is 106. The lowest BCUT2D eigenvalue weighted by Crippen LogP contribution is -2.22. The maximum Gasteiger partial charge on any atom is 0.0339 e. The first kappa shape index (κ1) is 9.34. The van der Waals surface area contributed by atoms with Gasteiger partial charge in [0.15, 0.2) is 0 Å². The molecule has 2 unspecified atom stereocenters. The summed E-state index contributed by atoms with van der Waals surface area (Å²) in [5.41, 5.74) is 0. The second-order valence-corrected chi connectivity index (χ2v) is 4.10. The Labute approximate surface area is 74.5 Å². The van der Waals surface area contributed by atoms with Crippen molar-refractivity contribution in [1.82, 2.24) is 5.32 Å². The fraction of sp³-hybridized carbons (Fsp3) is 1.00. The van der Waals surface area contributed by atoms with Gasteiger partial charge in [0.2, 0.25) is 0 Å². The summed E-state index contributed by atoms with van der Waals surface area (Å²) in [6.07, 6.45) is 5.00. The molecule has 1 aliphatic carbocycles. The third-order valence-electron chi connectivity index (χ3n) is 2.34. The maximum absolute atomic E-state index is 5.99. The molecule has 0 radical (unpaired) electrons. The average Bonchev–Trinajstić information content (AvgIpc) is 2.37. The highest BCUT2D eigenvalue weighted by atomic mass is 35.5. The van der Waals surface area contributed by atoms with Crippen LogP contribution in [0.1, 0.15) is 32.6 Å². The van der Waals surface area contributed by atoms with E-state index in [4.69, 9.17) is 11.6 Å². The summed E-state index contributed by atoms with van der Waals surface area (Å²) in [7, 11) is 0. The average molecular weight is 176 g/mol. The summed E-state index contributed by atoms with van der Waals surface area (Å²) in [4.78, 5) is 0. The molecule has 0 aliphatic heterocycles. The highest BCUT2D eigenvalue weighted by Gasteiger charge is 2.21. The minimum Gasteiger partial charge on any atom is -0.316 e. The van der Waals surface area contributed by atoms with E-state index in [1.165, 1.54) is 32.2 Å². The lowest BCUT2D eigenvalue weighted by molar-refractivity contribution is 0.490. The van der Waals surface area contributed by atoms with Gasteiger partial charge in [-0.15, -0.1) is 11.6 Å². The van der Waals surface area contributed by atoms with Crippen LogP contribution in [0.5, 0.6) is 0 Å². The number of alkyl halides is 1. The van der Waals surface area contributed by atoms with E-state index >= 15 is 0 Å². The SMILES string of the molecule is CCCNCC1CCC(Cl)C1. The number of nitrogens with one attached hydrogen (secondary N) is 1. The van der Waals surface area contributed by atoms with E-state index in [-0.39, 0.29) is 0 Å². The predicted molar refractivity (Wildman–Crippen MR) is 50.1 cm³/mol. The fourth-order valence-corrected chi connectivity index (χ4v) is 2.06. The van der Waals surface area contributed by atoms with Gasteiger partial charge >= 0.3 is 0 Å². The molecule has 0 heterocycles. The molecule has 1 N–H and O–H groups in total. The summed E-state index contributed by atoms with van der Waals surface area (Å²) < 4.78 is 0. The highest BCUT2D eigenvalue weighted by Crippen LogP contribution is 2.28. The van der Waals surface area contributed by atoms with Gasteiger partial charge in [-0.2, -0.15) is 0 Å². The van der Waals surface area contributed by atoms with E-state index in [2.05, 4.69) is 12.2 Å². The zero-order valence-corrected chi connectivity index (χ0v) is 8.03. The van der Waals surface area contributed by atoms with Crippen LogP contribution in [0.3, 0.4) is 0 Å². The Morgan fingerprint density at radius 2 is 2.27 bits per heavy atom. The molecule has 1 aliphatic rings. The number of rotatable bonds is 4. The van der Waals surface area contributed by atoms with E-state index in [0.29, 0.717) is 5.38 Å². The molecule has 1 nitrogen and oxygen atoms in total. The van der Waals surface area contributed by atoms with Crippen molar-refractivity contribution in [3.8, 4) is 0 Å². The Morgan fingerprint density at radius 1 is 1.45 bits per heavy atom. The van der Waals surface area contributed by atoms with E-state index in [9.17, 15) is 0 Å². The van der Waals surface area contributed by atoms with E-state index < -0.39 is 0 Å². The van der Waals surface area contributed by atoms with Crippen molar-refractivity contribution in [3.63, 3.8) is 0 Å². The number of hydrogen-bond acceptors (Lipinski definition) is 1. The smallest absolute Gasteiger partial charge is 0.0339 e. The van der Waals surface area contributed by atoms with Crippen molar-refractivity contribution in [3.05, 3.63) is 0 Å². The monoisotopic (exact) mass is 175 g/mol. The highest BCUT2D eigenvalue weighted by molar-refractivity contribution is 6.20. The van der Waals surface area contributed by atoms with Gasteiger partial charge in [0.1, 0.15) is 0 Å². The van der Waals surface area contributed by atoms with Crippen molar-refractivity contribution >= 4 is 11.6 Å². The summed E-state index contributed by atoms with van der Waals surface area (Å²) >= 11 is 5.99. The molecule has 0 aromatic rings. The zero-order chi connectivity index (χ0) is 8.10. The van der Waals surface area contributed by atoms with Crippen LogP contribution >= 0.6 is 11.6 Å². The Morgan fingerprint density at radius 3 is 2.82 bits per heavy atom. The second kappa shape index (κ2) is 5.00. The lowest BCUT2D eigenvalue weighted by Gasteiger charge is -2.09. The van der Waals surface area contributed by atoms with Crippen LogP contribution in [-0.4, -0.2) is 18.5 Å². The molecule has 1 rings (SSSR count). The molecule has 0 spiro atoms. The van der Waals surface area contributed by atoms with Gasteiger partial charge in [-0.3, -0.25) is 0 Å². The van der Waals surface area contributed by atoms with Crippen LogP contribution in [0.2, 0.25) is 0 Å². The van der Waals surface area contributed by atoms with Crippen molar-refractivity contribution in [2.45, 2.75) is 38.0 Å². The van der Waals surface area contributed by atoms with E-state index in [1.54, 1.807) is 0 Å². The minimum atomic E-state index is 0.462. The van der Waals surface area contributed by atoms with Crippen molar-refractivity contribution in [2.75, 3.05) is 13.1 Å². The van der Waals surface area contributed by atoms with Gasteiger partial charge in [0.25, 0.3) is 0 Å². The summed E-state index contributed by atoms with van der Waals surface area (Å²) in [5.74, 6) is 0.851. The molecule has 0 aromatic carbocycles. The topological polar surface area (TPSA) is 12.0 Å². The van der Waals surface area contributed by atoms with E-state index in [1.807, 2.05) is 0 Å². The van der Waals surface area contributed by atoms with Crippen LogP contribution in [-0.2, 0) is 0 Å². The van der Waals surface area contributed by atoms with E-state index in [0.717, 1.165) is 12.5 Å². The van der Waals surface area contributed by atoms with Gasteiger partial charge in [-0.05, 0) is 44.7 Å². The summed E-state index contributed by atoms with van der Waals surface area (Å²) in [5, 5.41) is 3.90.